The van der Waals surface area contributed by atoms with Crippen molar-refractivity contribution in [2.45, 2.75) is 25.8 Å². The predicted molar refractivity (Wildman–Crippen MR) is 101 cm³/mol. The Morgan fingerprint density at radius 3 is 2.50 bits per heavy atom. The molecule has 2 aromatic carbocycles. The molecule has 5 nitrogen and oxygen atoms in total. The van der Waals surface area contributed by atoms with E-state index < -0.39 is 6.04 Å². The monoisotopic (exact) mass is 350 g/mol. The molecule has 0 spiro atoms. The Morgan fingerprint density at radius 2 is 1.77 bits per heavy atom. The van der Waals surface area contributed by atoms with E-state index in [9.17, 15) is 9.59 Å². The third-order valence-corrected chi connectivity index (χ3v) is 4.50. The number of carbonyl (C=O) groups excluding carboxylic acids is 2. The summed E-state index contributed by atoms with van der Waals surface area (Å²) in [5.74, 6) is -0.488. The van der Waals surface area contributed by atoms with Crippen molar-refractivity contribution in [3.63, 3.8) is 0 Å². The van der Waals surface area contributed by atoms with Crippen LogP contribution in [-0.4, -0.2) is 24.0 Å². The number of rotatable bonds is 6. The Kier molecular flexibility index (Phi) is 5.37. The summed E-state index contributed by atoms with van der Waals surface area (Å²) in [4.78, 5) is 27.7. The second kappa shape index (κ2) is 7.87. The SMILES string of the molecule is COC(=O)CC(NC(=O)Cc1c(C)[nH]c2ccccc12)c1ccccc1. The standard InChI is InChI=1S/C21H22N2O3/c1-14-17(16-10-6-7-11-18(16)22-14)12-20(24)23-19(13-21(25)26-2)15-8-4-3-5-9-15/h3-11,19,22H,12-13H2,1-2H3,(H,23,24). The molecule has 0 aliphatic rings. The molecule has 0 aliphatic heterocycles. The van der Waals surface area contributed by atoms with Crippen molar-refractivity contribution in [3.8, 4) is 0 Å². The highest BCUT2D eigenvalue weighted by Crippen LogP contribution is 2.23. The average Bonchev–Trinajstić information content (AvgIpc) is 2.97. The molecule has 1 heterocycles. The summed E-state index contributed by atoms with van der Waals surface area (Å²) in [6.07, 6.45) is 0.347. The number of amides is 1. The quantitative estimate of drug-likeness (QED) is 0.669. The summed E-state index contributed by atoms with van der Waals surface area (Å²) in [5, 5.41) is 4.02. The first-order chi connectivity index (χ1) is 12.6. The van der Waals surface area contributed by atoms with Crippen molar-refractivity contribution in [2.75, 3.05) is 7.11 Å². The maximum Gasteiger partial charge on any atom is 0.307 e. The summed E-state index contributed by atoms with van der Waals surface area (Å²) >= 11 is 0. The largest absolute Gasteiger partial charge is 0.469 e. The lowest BCUT2D eigenvalue weighted by Gasteiger charge is -2.18. The molecule has 3 aromatic rings. The maximum absolute atomic E-state index is 12.7. The highest BCUT2D eigenvalue weighted by Gasteiger charge is 2.20. The number of nitrogens with one attached hydrogen (secondary N) is 2. The van der Waals surface area contributed by atoms with Gasteiger partial charge in [-0.05, 0) is 24.1 Å². The van der Waals surface area contributed by atoms with Gasteiger partial charge >= 0.3 is 5.97 Å². The second-order valence-electron chi connectivity index (χ2n) is 6.26. The molecule has 0 aliphatic carbocycles. The van der Waals surface area contributed by atoms with E-state index in [0.717, 1.165) is 27.7 Å². The van der Waals surface area contributed by atoms with E-state index in [4.69, 9.17) is 4.74 Å². The fourth-order valence-corrected chi connectivity index (χ4v) is 3.16. The molecule has 1 amide bonds. The average molecular weight is 350 g/mol. The molecule has 0 saturated heterocycles. The number of aromatic nitrogens is 1. The van der Waals surface area contributed by atoms with E-state index in [1.807, 2.05) is 61.5 Å². The van der Waals surface area contributed by atoms with Gasteiger partial charge in [0.05, 0.1) is 26.0 Å². The zero-order valence-corrected chi connectivity index (χ0v) is 14.9. The molecule has 5 heteroatoms. The Balaban J connectivity index is 1.79. The van der Waals surface area contributed by atoms with Crippen LogP contribution in [0.15, 0.2) is 54.6 Å². The number of aromatic amines is 1. The maximum atomic E-state index is 12.7. The van der Waals surface area contributed by atoms with Crippen LogP contribution < -0.4 is 5.32 Å². The first-order valence-electron chi connectivity index (χ1n) is 8.55. The van der Waals surface area contributed by atoms with Crippen molar-refractivity contribution in [3.05, 3.63) is 71.4 Å². The normalized spacial score (nSPS) is 11.9. The number of esters is 1. The van der Waals surface area contributed by atoms with Crippen LogP contribution in [0.4, 0.5) is 0 Å². The van der Waals surface area contributed by atoms with Gasteiger partial charge in [0.1, 0.15) is 0 Å². The van der Waals surface area contributed by atoms with Gasteiger partial charge < -0.3 is 15.0 Å². The van der Waals surface area contributed by atoms with Crippen LogP contribution in [0.5, 0.6) is 0 Å². The number of hydrogen-bond donors (Lipinski definition) is 2. The molecule has 3 rings (SSSR count). The van der Waals surface area contributed by atoms with Gasteiger partial charge in [-0.3, -0.25) is 9.59 Å². The van der Waals surface area contributed by atoms with Crippen molar-refractivity contribution >= 4 is 22.8 Å². The molecule has 26 heavy (non-hydrogen) atoms. The number of hydrogen-bond acceptors (Lipinski definition) is 3. The van der Waals surface area contributed by atoms with Gasteiger partial charge in [0.15, 0.2) is 0 Å². The number of carbonyl (C=O) groups is 2. The van der Waals surface area contributed by atoms with Crippen LogP contribution in [-0.2, 0) is 20.7 Å². The zero-order valence-electron chi connectivity index (χ0n) is 14.9. The Labute approximate surface area is 152 Å². The lowest BCUT2D eigenvalue weighted by atomic mass is 10.0. The smallest absolute Gasteiger partial charge is 0.307 e. The van der Waals surface area contributed by atoms with Gasteiger partial charge in [-0.1, -0.05) is 48.5 Å². The molecule has 0 bridgehead atoms. The first-order valence-corrected chi connectivity index (χ1v) is 8.55. The Hall–Kier alpha value is -3.08. The number of H-pyrrole nitrogens is 1. The molecule has 134 valence electrons. The number of aryl methyl sites for hydroxylation is 1. The summed E-state index contributed by atoms with van der Waals surface area (Å²) in [7, 11) is 1.35. The van der Waals surface area contributed by atoms with Crippen LogP contribution in [0.25, 0.3) is 10.9 Å². The molecule has 1 aromatic heterocycles. The van der Waals surface area contributed by atoms with E-state index in [0.29, 0.717) is 0 Å². The molecule has 2 N–H and O–H groups in total. The fraction of sp³-hybridized carbons (Fsp3) is 0.238. The van der Waals surface area contributed by atoms with Crippen LogP contribution in [0.2, 0.25) is 0 Å². The summed E-state index contributed by atoms with van der Waals surface area (Å²) < 4.78 is 4.77. The minimum atomic E-state index is -0.415. The molecule has 0 radical (unpaired) electrons. The minimum Gasteiger partial charge on any atom is -0.469 e. The summed E-state index contributed by atoms with van der Waals surface area (Å²) in [6, 6.07) is 17.0. The van der Waals surface area contributed by atoms with Gasteiger partial charge in [0, 0.05) is 16.6 Å². The topological polar surface area (TPSA) is 71.2 Å². The highest BCUT2D eigenvalue weighted by atomic mass is 16.5. The lowest BCUT2D eigenvalue weighted by Crippen LogP contribution is -2.31. The molecular weight excluding hydrogens is 328 g/mol. The minimum absolute atomic E-state index is 0.0963. The van der Waals surface area contributed by atoms with Gasteiger partial charge in [0.2, 0.25) is 5.91 Å². The van der Waals surface area contributed by atoms with Gasteiger partial charge in [-0.25, -0.2) is 0 Å². The number of methoxy groups -OCH3 is 1. The van der Waals surface area contributed by atoms with Crippen LogP contribution in [0.1, 0.15) is 29.3 Å². The van der Waals surface area contributed by atoms with Crippen LogP contribution in [0, 0.1) is 6.92 Å². The molecular formula is C21H22N2O3. The summed E-state index contributed by atoms with van der Waals surface area (Å²) in [5.41, 5.74) is 3.84. The van der Waals surface area contributed by atoms with Gasteiger partial charge in [-0.2, -0.15) is 0 Å². The van der Waals surface area contributed by atoms with Crippen molar-refractivity contribution in [1.82, 2.24) is 10.3 Å². The highest BCUT2D eigenvalue weighted by molar-refractivity contribution is 5.90. The second-order valence-corrected chi connectivity index (χ2v) is 6.26. The Morgan fingerprint density at radius 1 is 1.08 bits per heavy atom. The third kappa shape index (κ3) is 3.94. The number of ether oxygens (including phenoxy) is 1. The van der Waals surface area contributed by atoms with Gasteiger partial charge in [0.25, 0.3) is 0 Å². The van der Waals surface area contributed by atoms with E-state index >= 15 is 0 Å². The van der Waals surface area contributed by atoms with E-state index in [2.05, 4.69) is 10.3 Å². The number of para-hydroxylation sites is 1. The molecule has 0 saturated carbocycles. The zero-order chi connectivity index (χ0) is 18.5. The van der Waals surface area contributed by atoms with E-state index in [1.165, 1.54) is 7.11 Å². The van der Waals surface area contributed by atoms with Crippen LogP contribution in [0.3, 0.4) is 0 Å². The fourth-order valence-electron chi connectivity index (χ4n) is 3.16. The van der Waals surface area contributed by atoms with E-state index in [1.54, 1.807) is 0 Å². The van der Waals surface area contributed by atoms with Gasteiger partial charge in [-0.15, -0.1) is 0 Å². The molecule has 0 fully saturated rings. The first kappa shape index (κ1) is 17.7. The third-order valence-electron chi connectivity index (χ3n) is 4.50. The van der Waals surface area contributed by atoms with Crippen molar-refractivity contribution in [2.24, 2.45) is 0 Å². The number of fused-ring (bicyclic) bond motifs is 1. The lowest BCUT2D eigenvalue weighted by molar-refractivity contribution is -0.141. The molecule has 1 atom stereocenters. The van der Waals surface area contributed by atoms with Crippen molar-refractivity contribution < 1.29 is 14.3 Å². The number of benzene rings is 2. The predicted octanol–water partition coefficient (Wildman–Crippen LogP) is 3.44. The van der Waals surface area contributed by atoms with Crippen molar-refractivity contribution in [1.29, 1.82) is 0 Å². The Bertz CT molecular complexity index is 915. The summed E-state index contributed by atoms with van der Waals surface area (Å²) in [6.45, 7) is 1.96. The van der Waals surface area contributed by atoms with E-state index in [-0.39, 0.29) is 24.7 Å². The van der Waals surface area contributed by atoms with Crippen LogP contribution >= 0.6 is 0 Å². The molecule has 1 unspecified atom stereocenters.